The molecule has 1 aliphatic heterocycles. The van der Waals surface area contributed by atoms with E-state index in [-0.39, 0.29) is 19.1 Å². The number of ether oxygens (including phenoxy) is 2. The lowest BCUT2D eigenvalue weighted by atomic mass is 9.87. The smallest absolute Gasteiger partial charge is 0.407 e. The second-order valence-corrected chi connectivity index (χ2v) is 8.05. The zero-order valence-electron chi connectivity index (χ0n) is 18.6. The monoisotopic (exact) mass is 438 g/mol. The van der Waals surface area contributed by atoms with Crippen molar-refractivity contribution < 1.29 is 23.9 Å². The van der Waals surface area contributed by atoms with E-state index in [0.717, 1.165) is 16.8 Å². The normalized spacial score (nSPS) is 18.2. The SMILES string of the molecule is CCOC(=O)C1(Cc2ccccc2)CC(CC(C)CNC(=O)OCc2ccccc2)=NO1. The number of hydrogen-bond acceptors (Lipinski definition) is 6. The molecule has 1 amide bonds. The van der Waals surface area contributed by atoms with Gasteiger partial charge in [0.05, 0.1) is 12.3 Å². The van der Waals surface area contributed by atoms with Crippen LogP contribution in [0.1, 0.15) is 37.8 Å². The molecular formula is C25H30N2O5. The minimum atomic E-state index is -1.14. The fourth-order valence-electron chi connectivity index (χ4n) is 3.63. The molecule has 0 saturated heterocycles. The molecule has 2 atom stereocenters. The molecule has 0 bridgehead atoms. The van der Waals surface area contributed by atoms with Crippen LogP contribution in [0.15, 0.2) is 65.8 Å². The van der Waals surface area contributed by atoms with E-state index >= 15 is 0 Å². The molecule has 0 spiro atoms. The molecule has 7 nitrogen and oxygen atoms in total. The molecule has 32 heavy (non-hydrogen) atoms. The molecule has 3 rings (SSSR count). The summed E-state index contributed by atoms with van der Waals surface area (Å²) < 4.78 is 10.5. The summed E-state index contributed by atoms with van der Waals surface area (Å²) in [4.78, 5) is 30.4. The highest BCUT2D eigenvalue weighted by Gasteiger charge is 2.48. The molecule has 0 fully saturated rings. The van der Waals surface area contributed by atoms with Crippen molar-refractivity contribution >= 4 is 17.8 Å². The van der Waals surface area contributed by atoms with Crippen molar-refractivity contribution in [2.45, 2.75) is 45.3 Å². The number of nitrogens with zero attached hydrogens (tertiary/aromatic N) is 1. The lowest BCUT2D eigenvalue weighted by Crippen LogP contribution is -2.43. The van der Waals surface area contributed by atoms with E-state index in [1.165, 1.54) is 0 Å². The minimum absolute atomic E-state index is 0.0938. The molecule has 2 aromatic carbocycles. The Labute approximate surface area is 188 Å². The van der Waals surface area contributed by atoms with Gasteiger partial charge in [-0.25, -0.2) is 9.59 Å². The lowest BCUT2D eigenvalue weighted by Gasteiger charge is -2.24. The fraction of sp³-hybridized carbons (Fsp3) is 0.400. The standard InChI is InChI=1S/C25H30N2O5/c1-3-30-23(28)25(15-20-10-6-4-7-11-20)16-22(27-32-25)14-19(2)17-26-24(29)31-18-21-12-8-5-9-13-21/h4-13,19H,3,14-18H2,1-2H3,(H,26,29). The van der Waals surface area contributed by atoms with Gasteiger partial charge >= 0.3 is 12.1 Å². The van der Waals surface area contributed by atoms with Crippen LogP contribution < -0.4 is 5.32 Å². The predicted octanol–water partition coefficient (Wildman–Crippen LogP) is 4.26. The van der Waals surface area contributed by atoms with E-state index < -0.39 is 17.7 Å². The van der Waals surface area contributed by atoms with Crippen molar-refractivity contribution in [3.63, 3.8) is 0 Å². The van der Waals surface area contributed by atoms with Crippen LogP contribution in [0, 0.1) is 5.92 Å². The zero-order chi connectivity index (χ0) is 22.8. The van der Waals surface area contributed by atoms with Crippen LogP contribution in [0.4, 0.5) is 4.79 Å². The summed E-state index contributed by atoms with van der Waals surface area (Å²) in [5, 5.41) is 6.99. The molecule has 1 heterocycles. The number of hydrogen-bond donors (Lipinski definition) is 1. The van der Waals surface area contributed by atoms with Crippen molar-refractivity contribution in [1.29, 1.82) is 0 Å². The van der Waals surface area contributed by atoms with Gasteiger partial charge in [-0.15, -0.1) is 0 Å². The number of carbonyl (C=O) groups excluding carboxylic acids is 2. The fourth-order valence-corrected chi connectivity index (χ4v) is 3.63. The number of benzene rings is 2. The first-order valence-corrected chi connectivity index (χ1v) is 10.9. The number of esters is 1. The number of rotatable bonds is 10. The number of carbonyl (C=O) groups is 2. The van der Waals surface area contributed by atoms with Crippen molar-refractivity contribution in [3.05, 3.63) is 71.8 Å². The highest BCUT2D eigenvalue weighted by Crippen LogP contribution is 2.31. The van der Waals surface area contributed by atoms with Gasteiger partial charge in [0.1, 0.15) is 6.61 Å². The van der Waals surface area contributed by atoms with Crippen molar-refractivity contribution in [1.82, 2.24) is 5.32 Å². The summed E-state index contributed by atoms with van der Waals surface area (Å²) in [5.41, 5.74) is 1.55. The first-order chi connectivity index (χ1) is 15.5. The third-order valence-corrected chi connectivity index (χ3v) is 5.21. The second-order valence-electron chi connectivity index (χ2n) is 8.05. The van der Waals surface area contributed by atoms with E-state index in [1.54, 1.807) is 6.92 Å². The van der Waals surface area contributed by atoms with Gasteiger partial charge in [0.15, 0.2) is 0 Å². The molecule has 0 aliphatic carbocycles. The maximum atomic E-state index is 12.7. The third-order valence-electron chi connectivity index (χ3n) is 5.21. The van der Waals surface area contributed by atoms with Gasteiger partial charge < -0.3 is 19.6 Å². The van der Waals surface area contributed by atoms with Gasteiger partial charge in [0, 0.05) is 19.4 Å². The summed E-state index contributed by atoms with van der Waals surface area (Å²) in [6.07, 6.45) is 0.881. The number of amides is 1. The minimum Gasteiger partial charge on any atom is -0.463 e. The Morgan fingerprint density at radius 3 is 2.38 bits per heavy atom. The number of nitrogens with one attached hydrogen (secondary N) is 1. The Balaban J connectivity index is 1.49. The molecule has 0 saturated carbocycles. The van der Waals surface area contributed by atoms with E-state index in [4.69, 9.17) is 14.3 Å². The van der Waals surface area contributed by atoms with Crippen LogP contribution >= 0.6 is 0 Å². The summed E-state index contributed by atoms with van der Waals surface area (Å²) >= 11 is 0. The molecule has 1 aliphatic rings. The Morgan fingerprint density at radius 2 is 1.72 bits per heavy atom. The van der Waals surface area contributed by atoms with Crippen LogP contribution in [0.5, 0.6) is 0 Å². The molecule has 2 aromatic rings. The molecular weight excluding hydrogens is 408 g/mol. The average molecular weight is 439 g/mol. The number of alkyl carbamates (subject to hydrolysis) is 1. The number of oxime groups is 1. The van der Waals surface area contributed by atoms with Crippen LogP contribution in [-0.4, -0.2) is 36.5 Å². The van der Waals surface area contributed by atoms with Crippen molar-refractivity contribution in [2.24, 2.45) is 11.1 Å². The van der Waals surface area contributed by atoms with Gasteiger partial charge in [-0.3, -0.25) is 0 Å². The van der Waals surface area contributed by atoms with Crippen LogP contribution in [0.3, 0.4) is 0 Å². The Hall–Kier alpha value is -3.35. The topological polar surface area (TPSA) is 86.2 Å². The predicted molar refractivity (Wildman–Crippen MR) is 121 cm³/mol. The van der Waals surface area contributed by atoms with Crippen molar-refractivity contribution in [3.8, 4) is 0 Å². The summed E-state index contributed by atoms with van der Waals surface area (Å²) in [6, 6.07) is 19.2. The molecule has 2 unspecified atom stereocenters. The molecule has 0 radical (unpaired) electrons. The van der Waals surface area contributed by atoms with Crippen LogP contribution in [0.25, 0.3) is 0 Å². The first kappa shape index (κ1) is 23.3. The Morgan fingerprint density at radius 1 is 1.06 bits per heavy atom. The highest BCUT2D eigenvalue weighted by molar-refractivity contribution is 5.94. The van der Waals surface area contributed by atoms with Gasteiger partial charge in [-0.05, 0) is 30.4 Å². The Bertz CT molecular complexity index is 916. The molecule has 1 N–H and O–H groups in total. The van der Waals surface area contributed by atoms with E-state index in [0.29, 0.717) is 25.8 Å². The first-order valence-electron chi connectivity index (χ1n) is 10.9. The largest absolute Gasteiger partial charge is 0.463 e. The molecule has 170 valence electrons. The van der Waals surface area contributed by atoms with Gasteiger partial charge in [0.25, 0.3) is 0 Å². The lowest BCUT2D eigenvalue weighted by molar-refractivity contribution is -0.168. The van der Waals surface area contributed by atoms with Gasteiger partial charge in [-0.2, -0.15) is 0 Å². The highest BCUT2D eigenvalue weighted by atomic mass is 16.7. The summed E-state index contributed by atoms with van der Waals surface area (Å²) in [5.74, 6) is -0.311. The third kappa shape index (κ3) is 6.57. The van der Waals surface area contributed by atoms with Crippen LogP contribution in [-0.2, 0) is 32.1 Å². The Kier molecular flexibility index (Phi) is 8.25. The zero-order valence-corrected chi connectivity index (χ0v) is 18.6. The maximum absolute atomic E-state index is 12.7. The molecule has 0 aromatic heterocycles. The average Bonchev–Trinajstić information content (AvgIpc) is 3.21. The summed E-state index contributed by atoms with van der Waals surface area (Å²) in [7, 11) is 0. The van der Waals surface area contributed by atoms with E-state index in [1.807, 2.05) is 67.6 Å². The summed E-state index contributed by atoms with van der Waals surface area (Å²) in [6.45, 7) is 4.71. The van der Waals surface area contributed by atoms with Crippen molar-refractivity contribution in [2.75, 3.05) is 13.2 Å². The van der Waals surface area contributed by atoms with Crippen LogP contribution in [0.2, 0.25) is 0 Å². The molecule has 7 heteroatoms. The van der Waals surface area contributed by atoms with Gasteiger partial charge in [-0.1, -0.05) is 72.7 Å². The van der Waals surface area contributed by atoms with E-state index in [9.17, 15) is 9.59 Å². The van der Waals surface area contributed by atoms with Gasteiger partial charge in [0.2, 0.25) is 5.60 Å². The van der Waals surface area contributed by atoms with E-state index in [2.05, 4.69) is 10.5 Å². The quantitative estimate of drug-likeness (QED) is 0.560. The second kappa shape index (κ2) is 11.3. The maximum Gasteiger partial charge on any atom is 0.407 e.